The van der Waals surface area contributed by atoms with Crippen molar-refractivity contribution in [2.45, 2.75) is 52.4 Å². The summed E-state index contributed by atoms with van der Waals surface area (Å²) in [5.74, 6) is 0.139. The van der Waals surface area contributed by atoms with Gasteiger partial charge in [-0.3, -0.25) is 9.59 Å². The van der Waals surface area contributed by atoms with Gasteiger partial charge in [-0.05, 0) is 18.4 Å². The van der Waals surface area contributed by atoms with E-state index in [1.165, 1.54) is 25.0 Å². The Morgan fingerprint density at radius 1 is 1.21 bits per heavy atom. The van der Waals surface area contributed by atoms with Crippen LogP contribution in [-0.2, 0) is 14.3 Å². The van der Waals surface area contributed by atoms with Crippen LogP contribution in [0.25, 0.3) is 0 Å². The maximum absolute atomic E-state index is 10.3. The highest BCUT2D eigenvalue weighted by atomic mass is 35.5. The van der Waals surface area contributed by atoms with E-state index in [0.29, 0.717) is 12.3 Å². The number of aliphatic hydroxyl groups is 1. The predicted molar refractivity (Wildman–Crippen MR) is 99.2 cm³/mol. The summed E-state index contributed by atoms with van der Waals surface area (Å²) in [6.07, 6.45) is 9.81. The number of carboxylic acid groups (broad SMARTS) is 1. The Morgan fingerprint density at radius 2 is 1.83 bits per heavy atom. The van der Waals surface area contributed by atoms with Gasteiger partial charge in [0.05, 0.1) is 18.9 Å². The largest absolute Gasteiger partial charge is 0.516 e. The van der Waals surface area contributed by atoms with E-state index in [2.05, 4.69) is 31.7 Å². The first-order valence-corrected chi connectivity index (χ1v) is 8.37. The highest BCUT2D eigenvalue weighted by molar-refractivity contribution is 6.18. The third kappa shape index (κ3) is 37.0. The number of unbranched alkanes of at least 4 members (excludes halogenated alkanes) is 2. The number of hydrogen-bond donors (Lipinski definition) is 2. The summed E-state index contributed by atoms with van der Waals surface area (Å²) in [5, 5.41) is 16.1. The number of aliphatic carboxylic acids is 1. The van der Waals surface area contributed by atoms with Crippen molar-refractivity contribution in [2.75, 3.05) is 5.88 Å². The van der Waals surface area contributed by atoms with Gasteiger partial charge in [-0.2, -0.15) is 0 Å². The van der Waals surface area contributed by atoms with Crippen LogP contribution >= 0.6 is 11.6 Å². The van der Waals surface area contributed by atoms with Crippen LogP contribution in [0.2, 0.25) is 0 Å². The van der Waals surface area contributed by atoms with Crippen molar-refractivity contribution in [2.24, 2.45) is 5.92 Å². The Bertz CT molecular complexity index is 339. The summed E-state index contributed by atoms with van der Waals surface area (Å²) in [5.41, 5.74) is 0. The molecule has 0 aliphatic heterocycles. The van der Waals surface area contributed by atoms with Gasteiger partial charge in [0.25, 0.3) is 0 Å². The molecule has 0 aromatic carbocycles. The predicted octanol–water partition coefficient (Wildman–Crippen LogP) is 5.22. The number of rotatable bonds is 10. The molecule has 0 radical (unpaired) electrons. The number of carboxylic acids is 1. The minimum absolute atomic E-state index is 0.242. The number of carbonyl (C=O) groups is 2. The molecular formula is C18H31ClO5. The van der Waals surface area contributed by atoms with Gasteiger partial charge >= 0.3 is 11.9 Å². The molecule has 2 N–H and O–H groups in total. The molecule has 0 rings (SSSR count). The van der Waals surface area contributed by atoms with E-state index < -0.39 is 5.97 Å². The summed E-state index contributed by atoms with van der Waals surface area (Å²) < 4.78 is 4.34. The van der Waals surface area contributed by atoms with Gasteiger partial charge in [0.15, 0.2) is 0 Å². The lowest BCUT2D eigenvalue weighted by molar-refractivity contribution is -0.138. The molecule has 0 aromatic heterocycles. The van der Waals surface area contributed by atoms with Crippen molar-refractivity contribution in [1.29, 1.82) is 0 Å². The van der Waals surface area contributed by atoms with Gasteiger partial charge in [0.2, 0.25) is 0 Å². The Hall–Kier alpha value is -1.75. The lowest BCUT2D eigenvalue weighted by Crippen LogP contribution is -1.95. The summed E-state index contributed by atoms with van der Waals surface area (Å²) in [6, 6.07) is 0. The monoisotopic (exact) mass is 362 g/mol. The SMILES string of the molecule is C=CCC(=O)OC=C.CC(C)CCCCCC(=O)O.OC=CCCl. The summed E-state index contributed by atoms with van der Waals surface area (Å²) >= 11 is 5.05. The van der Waals surface area contributed by atoms with Gasteiger partial charge in [0.1, 0.15) is 0 Å². The molecular weight excluding hydrogens is 332 g/mol. The van der Waals surface area contributed by atoms with E-state index in [1.807, 2.05) is 0 Å². The van der Waals surface area contributed by atoms with Crippen molar-refractivity contribution >= 4 is 23.5 Å². The second kappa shape index (κ2) is 23.5. The summed E-state index contributed by atoms with van der Waals surface area (Å²) in [4.78, 5) is 20.4. The average Bonchev–Trinajstić information content (AvgIpc) is 2.49. The number of allylic oxidation sites excluding steroid dienone is 1. The molecule has 0 fully saturated rings. The minimum atomic E-state index is -0.672. The van der Waals surface area contributed by atoms with E-state index in [0.717, 1.165) is 31.3 Å². The molecule has 0 atom stereocenters. The fourth-order valence-corrected chi connectivity index (χ4v) is 1.38. The number of alkyl halides is 1. The number of esters is 1. The van der Waals surface area contributed by atoms with Gasteiger partial charge in [-0.1, -0.05) is 45.8 Å². The first-order chi connectivity index (χ1) is 11.3. The van der Waals surface area contributed by atoms with E-state index in [9.17, 15) is 9.59 Å². The highest BCUT2D eigenvalue weighted by Crippen LogP contribution is 2.08. The van der Waals surface area contributed by atoms with Crippen LogP contribution in [0.3, 0.4) is 0 Å². The maximum Gasteiger partial charge on any atom is 0.314 e. The number of ether oxygens (including phenoxy) is 1. The molecule has 0 aliphatic carbocycles. The topological polar surface area (TPSA) is 83.8 Å². The summed E-state index contributed by atoms with van der Waals surface area (Å²) in [7, 11) is 0. The van der Waals surface area contributed by atoms with Gasteiger partial charge in [-0.15, -0.1) is 18.2 Å². The zero-order chi connectivity index (χ0) is 19.2. The first kappa shape index (κ1) is 27.1. The molecule has 140 valence electrons. The van der Waals surface area contributed by atoms with Gasteiger partial charge < -0.3 is 14.9 Å². The van der Waals surface area contributed by atoms with Gasteiger partial charge in [-0.25, -0.2) is 0 Å². The van der Waals surface area contributed by atoms with Crippen LogP contribution in [0.15, 0.2) is 37.8 Å². The Labute approximate surface area is 150 Å². The fraction of sp³-hybridized carbons (Fsp3) is 0.556. The van der Waals surface area contributed by atoms with Crippen LogP contribution in [0, 0.1) is 5.92 Å². The average molecular weight is 363 g/mol. The fourth-order valence-electron chi connectivity index (χ4n) is 1.30. The molecule has 0 amide bonds. The quantitative estimate of drug-likeness (QED) is 0.183. The summed E-state index contributed by atoms with van der Waals surface area (Å²) in [6.45, 7) is 10.9. The normalized spacial score (nSPS) is 9.33. The molecule has 0 aromatic rings. The standard InChI is InChI=1S/C9H18O2.C6H8O2.C3H5ClO/c1-8(2)6-4-3-5-7-9(10)11;1-3-5-6(7)8-4-2;4-2-1-3-5/h8H,3-7H2,1-2H3,(H,10,11);3-4H,1-2,5H2;1,3,5H,2H2. The molecule has 0 unspecified atom stereocenters. The number of hydrogen-bond acceptors (Lipinski definition) is 4. The van der Waals surface area contributed by atoms with Crippen LogP contribution in [-0.4, -0.2) is 28.0 Å². The van der Waals surface area contributed by atoms with Crippen LogP contribution in [0.1, 0.15) is 52.4 Å². The van der Waals surface area contributed by atoms with Crippen molar-refractivity contribution in [1.82, 2.24) is 0 Å². The molecule has 0 saturated carbocycles. The molecule has 0 saturated heterocycles. The molecule has 0 bridgehead atoms. The third-order valence-electron chi connectivity index (χ3n) is 2.39. The number of halogens is 1. The van der Waals surface area contributed by atoms with Crippen molar-refractivity contribution in [3.8, 4) is 0 Å². The zero-order valence-corrected chi connectivity index (χ0v) is 15.5. The lowest BCUT2D eigenvalue weighted by atomic mass is 10.0. The molecule has 5 nitrogen and oxygen atoms in total. The molecule has 0 spiro atoms. The van der Waals surface area contributed by atoms with Crippen LogP contribution in [0.4, 0.5) is 0 Å². The molecule has 0 heterocycles. The van der Waals surface area contributed by atoms with E-state index in [1.54, 1.807) is 0 Å². The lowest BCUT2D eigenvalue weighted by Gasteiger charge is -2.02. The first-order valence-electron chi connectivity index (χ1n) is 7.83. The minimum Gasteiger partial charge on any atom is -0.516 e. The van der Waals surface area contributed by atoms with Crippen molar-refractivity contribution in [3.05, 3.63) is 37.8 Å². The third-order valence-corrected chi connectivity index (χ3v) is 2.57. The number of carbonyl (C=O) groups excluding carboxylic acids is 1. The van der Waals surface area contributed by atoms with Crippen molar-refractivity contribution in [3.63, 3.8) is 0 Å². The molecule has 0 aliphatic rings. The smallest absolute Gasteiger partial charge is 0.314 e. The molecule has 24 heavy (non-hydrogen) atoms. The second-order valence-corrected chi connectivity index (χ2v) is 5.38. The van der Waals surface area contributed by atoms with E-state index in [4.69, 9.17) is 21.8 Å². The highest BCUT2D eigenvalue weighted by Gasteiger charge is 1.97. The van der Waals surface area contributed by atoms with Gasteiger partial charge in [0, 0.05) is 12.3 Å². The molecule has 6 heteroatoms. The zero-order valence-electron chi connectivity index (χ0n) is 14.7. The maximum atomic E-state index is 10.3. The van der Waals surface area contributed by atoms with Crippen molar-refractivity contribution < 1.29 is 24.5 Å². The van der Waals surface area contributed by atoms with Crippen LogP contribution in [0.5, 0.6) is 0 Å². The number of aliphatic hydroxyl groups excluding tert-OH is 1. The van der Waals surface area contributed by atoms with E-state index >= 15 is 0 Å². The Kier molecular flexibility index (Phi) is 26.6. The Morgan fingerprint density at radius 3 is 2.17 bits per heavy atom. The Balaban J connectivity index is -0.000000298. The van der Waals surface area contributed by atoms with E-state index in [-0.39, 0.29) is 12.4 Å². The van der Waals surface area contributed by atoms with Crippen LogP contribution < -0.4 is 0 Å². The second-order valence-electron chi connectivity index (χ2n) is 5.08.